The standard InChI is InChI=1S/C8H10N2O2S/c11-8(12)6-4-13-7(10-6)5-2-1-3-9-5/h1-3,6-7,9-10H,4H2,(H,11,12). The smallest absolute Gasteiger partial charge is 0.321 e. The zero-order valence-corrected chi connectivity index (χ0v) is 7.67. The number of carboxylic acid groups (broad SMARTS) is 1. The van der Waals surface area contributed by atoms with E-state index in [1.165, 1.54) is 0 Å². The van der Waals surface area contributed by atoms with Crippen LogP contribution in [0.15, 0.2) is 18.3 Å². The maximum atomic E-state index is 10.6. The van der Waals surface area contributed by atoms with Crippen LogP contribution in [0.2, 0.25) is 0 Å². The van der Waals surface area contributed by atoms with E-state index in [-0.39, 0.29) is 5.37 Å². The predicted octanol–water partition coefficient (Wildman–Crippen LogP) is 0.803. The molecule has 1 aromatic rings. The van der Waals surface area contributed by atoms with Crippen molar-refractivity contribution in [3.8, 4) is 0 Å². The monoisotopic (exact) mass is 198 g/mol. The molecule has 1 fully saturated rings. The van der Waals surface area contributed by atoms with E-state index in [0.29, 0.717) is 5.75 Å². The fraction of sp³-hybridized carbons (Fsp3) is 0.375. The first-order valence-electron chi connectivity index (χ1n) is 4.01. The number of hydrogen-bond donors (Lipinski definition) is 3. The Morgan fingerprint density at radius 3 is 3.08 bits per heavy atom. The van der Waals surface area contributed by atoms with Gasteiger partial charge in [-0.25, -0.2) is 0 Å². The van der Waals surface area contributed by atoms with Crippen LogP contribution in [-0.4, -0.2) is 27.9 Å². The second-order valence-electron chi connectivity index (χ2n) is 2.90. The molecule has 2 unspecified atom stereocenters. The summed E-state index contributed by atoms with van der Waals surface area (Å²) in [5.74, 6) is -0.152. The summed E-state index contributed by atoms with van der Waals surface area (Å²) in [5.41, 5.74) is 1.04. The highest BCUT2D eigenvalue weighted by atomic mass is 32.2. The number of nitrogens with one attached hydrogen (secondary N) is 2. The molecule has 1 aromatic heterocycles. The van der Waals surface area contributed by atoms with Crippen molar-refractivity contribution in [1.29, 1.82) is 0 Å². The fourth-order valence-electron chi connectivity index (χ4n) is 1.30. The minimum Gasteiger partial charge on any atom is -0.480 e. The average Bonchev–Trinajstić information content (AvgIpc) is 2.75. The van der Waals surface area contributed by atoms with Gasteiger partial charge in [0.15, 0.2) is 0 Å². The fourth-order valence-corrected chi connectivity index (χ4v) is 2.51. The maximum Gasteiger partial charge on any atom is 0.321 e. The molecule has 3 N–H and O–H groups in total. The van der Waals surface area contributed by atoms with Gasteiger partial charge in [0.25, 0.3) is 0 Å². The van der Waals surface area contributed by atoms with E-state index in [1.54, 1.807) is 11.8 Å². The minimum absolute atomic E-state index is 0.0936. The summed E-state index contributed by atoms with van der Waals surface area (Å²) >= 11 is 1.61. The van der Waals surface area contributed by atoms with Gasteiger partial charge in [-0.3, -0.25) is 10.1 Å². The van der Waals surface area contributed by atoms with E-state index in [1.807, 2.05) is 18.3 Å². The van der Waals surface area contributed by atoms with Gasteiger partial charge < -0.3 is 10.1 Å². The lowest BCUT2D eigenvalue weighted by atomic mass is 10.3. The Bertz CT molecular complexity index is 299. The van der Waals surface area contributed by atoms with Gasteiger partial charge >= 0.3 is 5.97 Å². The zero-order valence-electron chi connectivity index (χ0n) is 6.86. The Hall–Kier alpha value is -0.940. The highest BCUT2D eigenvalue weighted by Gasteiger charge is 2.30. The average molecular weight is 198 g/mol. The van der Waals surface area contributed by atoms with Crippen LogP contribution in [0, 0.1) is 0 Å². The molecule has 2 atom stereocenters. The molecule has 0 radical (unpaired) electrons. The normalized spacial score (nSPS) is 27.7. The zero-order chi connectivity index (χ0) is 9.26. The highest BCUT2D eigenvalue weighted by molar-refractivity contribution is 7.99. The van der Waals surface area contributed by atoms with Crippen LogP contribution >= 0.6 is 11.8 Å². The molecule has 1 aliphatic rings. The number of aromatic nitrogens is 1. The van der Waals surface area contributed by atoms with Gasteiger partial charge in [-0.15, -0.1) is 11.8 Å². The van der Waals surface area contributed by atoms with Crippen molar-refractivity contribution < 1.29 is 9.90 Å². The van der Waals surface area contributed by atoms with E-state index < -0.39 is 12.0 Å². The summed E-state index contributed by atoms with van der Waals surface area (Å²) in [5, 5.41) is 11.9. The number of carbonyl (C=O) groups is 1. The summed E-state index contributed by atoms with van der Waals surface area (Å²) < 4.78 is 0. The lowest BCUT2D eigenvalue weighted by Crippen LogP contribution is -2.33. The van der Waals surface area contributed by atoms with Gasteiger partial charge in [-0.1, -0.05) is 0 Å². The third-order valence-electron chi connectivity index (χ3n) is 1.98. The van der Waals surface area contributed by atoms with E-state index in [0.717, 1.165) is 5.69 Å². The van der Waals surface area contributed by atoms with E-state index in [9.17, 15) is 4.79 Å². The second kappa shape index (κ2) is 3.43. The number of aliphatic carboxylic acids is 1. The summed E-state index contributed by atoms with van der Waals surface area (Å²) in [7, 11) is 0. The molecule has 0 aromatic carbocycles. The van der Waals surface area contributed by atoms with Crippen LogP contribution in [0.25, 0.3) is 0 Å². The van der Waals surface area contributed by atoms with Crippen LogP contribution in [0.4, 0.5) is 0 Å². The number of rotatable bonds is 2. The number of aromatic amines is 1. The van der Waals surface area contributed by atoms with Gasteiger partial charge in [-0.2, -0.15) is 0 Å². The molecule has 70 valence electrons. The number of thioether (sulfide) groups is 1. The molecular formula is C8H10N2O2S. The van der Waals surface area contributed by atoms with Crippen molar-refractivity contribution in [3.05, 3.63) is 24.0 Å². The largest absolute Gasteiger partial charge is 0.480 e. The summed E-state index contributed by atoms with van der Waals surface area (Å²) in [6.45, 7) is 0. The molecule has 13 heavy (non-hydrogen) atoms. The van der Waals surface area contributed by atoms with E-state index in [2.05, 4.69) is 10.3 Å². The number of carboxylic acids is 1. The summed E-state index contributed by atoms with van der Waals surface area (Å²) in [4.78, 5) is 13.7. The molecule has 0 bridgehead atoms. The van der Waals surface area contributed by atoms with Crippen molar-refractivity contribution in [2.45, 2.75) is 11.4 Å². The van der Waals surface area contributed by atoms with Crippen LogP contribution in [0.1, 0.15) is 11.1 Å². The lowest BCUT2D eigenvalue weighted by Gasteiger charge is -2.08. The van der Waals surface area contributed by atoms with Gasteiger partial charge in [0.05, 0.1) is 5.37 Å². The van der Waals surface area contributed by atoms with E-state index in [4.69, 9.17) is 5.11 Å². The first-order chi connectivity index (χ1) is 6.27. The Kier molecular flexibility index (Phi) is 2.28. The summed E-state index contributed by atoms with van der Waals surface area (Å²) in [6, 6.07) is 3.44. The highest BCUT2D eigenvalue weighted by Crippen LogP contribution is 2.31. The van der Waals surface area contributed by atoms with Gasteiger partial charge in [-0.05, 0) is 12.1 Å². The Morgan fingerprint density at radius 2 is 2.54 bits per heavy atom. The molecule has 2 rings (SSSR count). The SMILES string of the molecule is O=C(O)C1CSC(c2ccc[nH]2)N1. The van der Waals surface area contributed by atoms with Gasteiger partial charge in [0.2, 0.25) is 0 Å². The van der Waals surface area contributed by atoms with Gasteiger partial charge in [0, 0.05) is 17.6 Å². The van der Waals surface area contributed by atoms with Crippen molar-refractivity contribution in [2.24, 2.45) is 0 Å². The quantitative estimate of drug-likeness (QED) is 0.657. The van der Waals surface area contributed by atoms with Gasteiger partial charge in [0.1, 0.15) is 6.04 Å². The van der Waals surface area contributed by atoms with E-state index >= 15 is 0 Å². The Balaban J connectivity index is 2.03. The molecule has 1 saturated heterocycles. The number of hydrogen-bond acceptors (Lipinski definition) is 3. The third kappa shape index (κ3) is 1.71. The third-order valence-corrected chi connectivity index (χ3v) is 3.23. The van der Waals surface area contributed by atoms with Crippen LogP contribution < -0.4 is 5.32 Å². The van der Waals surface area contributed by atoms with Crippen LogP contribution in [0.5, 0.6) is 0 Å². The molecule has 0 aliphatic carbocycles. The van der Waals surface area contributed by atoms with Crippen LogP contribution in [-0.2, 0) is 4.79 Å². The topological polar surface area (TPSA) is 65.1 Å². The molecule has 5 heteroatoms. The molecular weight excluding hydrogens is 188 g/mol. The molecule has 0 saturated carbocycles. The lowest BCUT2D eigenvalue weighted by molar-refractivity contribution is -0.138. The molecule has 0 amide bonds. The molecule has 1 aliphatic heterocycles. The van der Waals surface area contributed by atoms with Crippen molar-refractivity contribution in [1.82, 2.24) is 10.3 Å². The maximum absolute atomic E-state index is 10.6. The molecule has 0 spiro atoms. The predicted molar refractivity (Wildman–Crippen MR) is 50.6 cm³/mol. The molecule has 2 heterocycles. The first kappa shape index (κ1) is 8.65. The second-order valence-corrected chi connectivity index (χ2v) is 4.03. The number of H-pyrrole nitrogens is 1. The molecule has 4 nitrogen and oxygen atoms in total. The van der Waals surface area contributed by atoms with Crippen LogP contribution in [0.3, 0.4) is 0 Å². The van der Waals surface area contributed by atoms with Crippen molar-refractivity contribution in [3.63, 3.8) is 0 Å². The minimum atomic E-state index is -0.776. The van der Waals surface area contributed by atoms with Crippen molar-refractivity contribution >= 4 is 17.7 Å². The van der Waals surface area contributed by atoms with Crippen molar-refractivity contribution in [2.75, 3.05) is 5.75 Å². The Morgan fingerprint density at radius 1 is 1.69 bits per heavy atom. The first-order valence-corrected chi connectivity index (χ1v) is 5.06. The summed E-state index contributed by atoms with van der Waals surface area (Å²) in [6.07, 6.45) is 1.84. The Labute approximate surface area is 79.7 Å².